The number of imidazole rings is 1. The van der Waals surface area contributed by atoms with Gasteiger partial charge in [-0.05, 0) is 31.0 Å². The molecule has 3 N–H and O–H groups in total. The maximum atomic E-state index is 11.9. The van der Waals surface area contributed by atoms with Gasteiger partial charge in [0.1, 0.15) is 0 Å². The number of nitrogens with one attached hydrogen (secondary N) is 3. The number of nitrogens with zero attached hydrogens (tertiary/aromatic N) is 1. The number of aromatic amines is 1. The lowest BCUT2D eigenvalue weighted by Crippen LogP contribution is -2.31. The number of carbonyl (C=O) groups excluding carboxylic acids is 2. The average molecular weight is 272 g/mol. The third-order valence-electron chi connectivity index (χ3n) is 3.26. The van der Waals surface area contributed by atoms with Crippen LogP contribution in [-0.2, 0) is 4.79 Å². The molecule has 104 valence electrons. The summed E-state index contributed by atoms with van der Waals surface area (Å²) >= 11 is 0. The van der Waals surface area contributed by atoms with Gasteiger partial charge in [0.2, 0.25) is 5.91 Å². The molecule has 1 aliphatic carbocycles. The van der Waals surface area contributed by atoms with Crippen LogP contribution in [0.5, 0.6) is 0 Å². The molecule has 20 heavy (non-hydrogen) atoms. The van der Waals surface area contributed by atoms with Gasteiger partial charge >= 0.3 is 0 Å². The first kappa shape index (κ1) is 12.7. The van der Waals surface area contributed by atoms with Crippen LogP contribution in [0.1, 0.15) is 29.6 Å². The second kappa shape index (κ2) is 5.32. The molecule has 1 aromatic heterocycles. The van der Waals surface area contributed by atoms with Gasteiger partial charge in [-0.1, -0.05) is 0 Å². The zero-order valence-corrected chi connectivity index (χ0v) is 11.0. The molecule has 2 aromatic rings. The van der Waals surface area contributed by atoms with Crippen LogP contribution in [0, 0.1) is 0 Å². The highest BCUT2D eigenvalue weighted by Gasteiger charge is 2.22. The van der Waals surface area contributed by atoms with Crippen molar-refractivity contribution in [2.45, 2.75) is 25.3 Å². The van der Waals surface area contributed by atoms with E-state index in [1.54, 1.807) is 24.5 Å². The topological polar surface area (TPSA) is 86.9 Å². The summed E-state index contributed by atoms with van der Waals surface area (Å²) in [4.78, 5) is 30.5. The molecule has 0 spiro atoms. The van der Waals surface area contributed by atoms with E-state index < -0.39 is 0 Å². The number of carbonyl (C=O) groups is 2. The molecule has 6 nitrogen and oxygen atoms in total. The van der Waals surface area contributed by atoms with Gasteiger partial charge in [-0.25, -0.2) is 4.98 Å². The number of H-pyrrole nitrogens is 1. The number of hydrogen-bond donors (Lipinski definition) is 3. The lowest BCUT2D eigenvalue weighted by molar-refractivity contribution is -0.121. The van der Waals surface area contributed by atoms with E-state index in [-0.39, 0.29) is 11.8 Å². The quantitative estimate of drug-likeness (QED) is 0.757. The minimum Gasteiger partial charge on any atom is -0.353 e. The van der Waals surface area contributed by atoms with Crippen LogP contribution in [0.4, 0.5) is 0 Å². The van der Waals surface area contributed by atoms with Gasteiger partial charge < -0.3 is 15.6 Å². The van der Waals surface area contributed by atoms with Gasteiger partial charge in [-0.15, -0.1) is 0 Å². The smallest absolute Gasteiger partial charge is 0.251 e. The monoisotopic (exact) mass is 272 g/mol. The number of fused-ring (bicyclic) bond motifs is 1. The zero-order chi connectivity index (χ0) is 13.9. The predicted octanol–water partition coefficient (Wildman–Crippen LogP) is 0.961. The molecular weight excluding hydrogens is 256 g/mol. The fraction of sp³-hybridized carbons (Fsp3) is 0.357. The summed E-state index contributed by atoms with van der Waals surface area (Å²) in [7, 11) is 0. The Bertz CT molecular complexity index is 645. The lowest BCUT2D eigenvalue weighted by Gasteiger charge is -2.06. The molecule has 3 rings (SSSR count). The van der Waals surface area contributed by atoms with Gasteiger partial charge in [0, 0.05) is 24.6 Å². The number of hydrogen-bond acceptors (Lipinski definition) is 3. The highest BCUT2D eigenvalue weighted by atomic mass is 16.2. The largest absolute Gasteiger partial charge is 0.353 e. The summed E-state index contributed by atoms with van der Waals surface area (Å²) in [5, 5.41) is 5.63. The van der Waals surface area contributed by atoms with Crippen molar-refractivity contribution in [2.75, 3.05) is 6.54 Å². The zero-order valence-electron chi connectivity index (χ0n) is 11.0. The molecule has 1 aromatic carbocycles. The lowest BCUT2D eigenvalue weighted by atomic mass is 10.2. The van der Waals surface area contributed by atoms with Crippen molar-refractivity contribution < 1.29 is 9.59 Å². The maximum Gasteiger partial charge on any atom is 0.251 e. The van der Waals surface area contributed by atoms with Gasteiger partial charge in [0.25, 0.3) is 5.91 Å². The average Bonchev–Trinajstić information content (AvgIpc) is 3.12. The van der Waals surface area contributed by atoms with Crippen LogP contribution in [-0.4, -0.2) is 34.4 Å². The fourth-order valence-corrected chi connectivity index (χ4v) is 2.00. The summed E-state index contributed by atoms with van der Waals surface area (Å²) in [6, 6.07) is 5.63. The van der Waals surface area contributed by atoms with E-state index >= 15 is 0 Å². The Morgan fingerprint density at radius 2 is 2.20 bits per heavy atom. The van der Waals surface area contributed by atoms with E-state index in [0.29, 0.717) is 24.6 Å². The normalized spacial score (nSPS) is 14.2. The van der Waals surface area contributed by atoms with Gasteiger partial charge in [0.15, 0.2) is 0 Å². The van der Waals surface area contributed by atoms with Crippen LogP contribution in [0.25, 0.3) is 11.0 Å². The number of aromatic nitrogens is 2. The van der Waals surface area contributed by atoms with E-state index in [4.69, 9.17) is 0 Å². The maximum absolute atomic E-state index is 11.9. The van der Waals surface area contributed by atoms with Crippen molar-refractivity contribution in [3.05, 3.63) is 30.1 Å². The number of benzene rings is 1. The van der Waals surface area contributed by atoms with Crippen molar-refractivity contribution in [3.63, 3.8) is 0 Å². The van der Waals surface area contributed by atoms with Crippen LogP contribution in [0.2, 0.25) is 0 Å². The molecule has 0 saturated heterocycles. The Kier molecular flexibility index (Phi) is 3.37. The fourth-order valence-electron chi connectivity index (χ4n) is 2.00. The summed E-state index contributed by atoms with van der Waals surface area (Å²) in [5.74, 6) is -0.183. The molecule has 1 saturated carbocycles. The molecule has 1 fully saturated rings. The van der Waals surface area contributed by atoms with Crippen molar-refractivity contribution in [1.29, 1.82) is 0 Å². The molecule has 0 unspecified atom stereocenters. The number of rotatable bonds is 5. The molecule has 1 heterocycles. The molecule has 0 radical (unpaired) electrons. The molecule has 0 bridgehead atoms. The Balaban J connectivity index is 1.51. The van der Waals surface area contributed by atoms with Crippen LogP contribution >= 0.6 is 0 Å². The minimum atomic E-state index is -0.180. The first-order valence-corrected chi connectivity index (χ1v) is 6.73. The molecule has 1 aliphatic rings. The van der Waals surface area contributed by atoms with Crippen LogP contribution < -0.4 is 10.6 Å². The Morgan fingerprint density at radius 3 is 3.00 bits per heavy atom. The first-order chi connectivity index (χ1) is 9.72. The SMILES string of the molecule is O=C(CCNC(=O)c1ccc2nc[nH]c2c1)NC1CC1. The predicted molar refractivity (Wildman–Crippen MR) is 74.2 cm³/mol. The Hall–Kier alpha value is -2.37. The Labute approximate surface area is 116 Å². The van der Waals surface area contributed by atoms with E-state index in [1.807, 2.05) is 0 Å². The Morgan fingerprint density at radius 1 is 1.35 bits per heavy atom. The third kappa shape index (κ3) is 2.96. The van der Waals surface area contributed by atoms with Crippen molar-refractivity contribution >= 4 is 22.8 Å². The van der Waals surface area contributed by atoms with E-state index in [1.165, 1.54) is 0 Å². The molecular formula is C14H16N4O2. The van der Waals surface area contributed by atoms with Crippen LogP contribution in [0.15, 0.2) is 24.5 Å². The van der Waals surface area contributed by atoms with Gasteiger partial charge in [-0.3, -0.25) is 9.59 Å². The molecule has 2 amide bonds. The molecule has 6 heteroatoms. The summed E-state index contributed by atoms with van der Waals surface area (Å²) in [5.41, 5.74) is 2.21. The summed E-state index contributed by atoms with van der Waals surface area (Å²) < 4.78 is 0. The second-order valence-corrected chi connectivity index (χ2v) is 4.98. The van der Waals surface area contributed by atoms with E-state index in [0.717, 1.165) is 23.9 Å². The molecule has 0 aliphatic heterocycles. The summed E-state index contributed by atoms with van der Waals surface area (Å²) in [6.45, 7) is 0.346. The van der Waals surface area contributed by atoms with Gasteiger partial charge in [0.05, 0.1) is 17.4 Å². The van der Waals surface area contributed by atoms with Crippen molar-refractivity contribution in [1.82, 2.24) is 20.6 Å². The highest BCUT2D eigenvalue weighted by Crippen LogP contribution is 2.18. The third-order valence-corrected chi connectivity index (χ3v) is 3.26. The van der Waals surface area contributed by atoms with E-state index in [2.05, 4.69) is 20.6 Å². The van der Waals surface area contributed by atoms with Gasteiger partial charge in [-0.2, -0.15) is 0 Å². The number of amides is 2. The molecule has 0 atom stereocenters. The second-order valence-electron chi connectivity index (χ2n) is 4.98. The van der Waals surface area contributed by atoms with E-state index in [9.17, 15) is 9.59 Å². The minimum absolute atomic E-state index is 0.00294. The summed E-state index contributed by atoms with van der Waals surface area (Å²) in [6.07, 6.45) is 4.05. The van der Waals surface area contributed by atoms with Crippen LogP contribution in [0.3, 0.4) is 0 Å². The standard InChI is InChI=1S/C14H16N4O2/c19-13(18-10-2-3-10)5-6-15-14(20)9-1-4-11-12(7-9)17-8-16-11/h1,4,7-8,10H,2-3,5-6H2,(H,15,20)(H,16,17)(H,18,19). The van der Waals surface area contributed by atoms with Crippen molar-refractivity contribution in [2.24, 2.45) is 0 Å². The highest BCUT2D eigenvalue weighted by molar-refractivity contribution is 5.97. The van der Waals surface area contributed by atoms with Crippen molar-refractivity contribution in [3.8, 4) is 0 Å². The first-order valence-electron chi connectivity index (χ1n) is 6.73.